The zero-order chi connectivity index (χ0) is 9.03. The van der Waals surface area contributed by atoms with Gasteiger partial charge in [0.1, 0.15) is 0 Å². The van der Waals surface area contributed by atoms with Gasteiger partial charge in [0.2, 0.25) is 0 Å². The summed E-state index contributed by atoms with van der Waals surface area (Å²) in [6.07, 6.45) is 5.69. The van der Waals surface area contributed by atoms with Crippen molar-refractivity contribution in [3.8, 4) is 0 Å². The molecular formula is C11H24N+. The van der Waals surface area contributed by atoms with Crippen LogP contribution in [0.4, 0.5) is 0 Å². The van der Waals surface area contributed by atoms with Crippen LogP contribution in [0.5, 0.6) is 0 Å². The Bertz CT molecular complexity index is 123. The van der Waals surface area contributed by atoms with E-state index in [0.717, 1.165) is 6.04 Å². The summed E-state index contributed by atoms with van der Waals surface area (Å²) < 4.78 is 1.41. The second kappa shape index (κ2) is 4.27. The second-order valence-corrected chi connectivity index (χ2v) is 4.54. The fraction of sp³-hybridized carbons (Fsp3) is 1.00. The molecule has 1 nitrogen and oxygen atoms in total. The summed E-state index contributed by atoms with van der Waals surface area (Å²) in [5, 5.41) is 0. The van der Waals surface area contributed by atoms with E-state index in [9.17, 15) is 0 Å². The van der Waals surface area contributed by atoms with Gasteiger partial charge < -0.3 is 4.48 Å². The van der Waals surface area contributed by atoms with Crippen LogP contribution in [-0.2, 0) is 0 Å². The first-order valence-electron chi connectivity index (χ1n) is 5.57. The third-order valence-corrected chi connectivity index (χ3v) is 3.51. The van der Waals surface area contributed by atoms with E-state index in [0.29, 0.717) is 0 Å². The van der Waals surface area contributed by atoms with Crippen molar-refractivity contribution in [2.24, 2.45) is 0 Å². The summed E-state index contributed by atoms with van der Waals surface area (Å²) in [6.45, 7) is 11.4. The fourth-order valence-corrected chi connectivity index (χ4v) is 2.44. The molecule has 1 saturated heterocycles. The van der Waals surface area contributed by atoms with E-state index in [4.69, 9.17) is 0 Å². The number of rotatable bonds is 4. The van der Waals surface area contributed by atoms with Gasteiger partial charge in [-0.05, 0) is 20.3 Å². The largest absolute Gasteiger partial charge is 0.322 e. The van der Waals surface area contributed by atoms with Gasteiger partial charge in [0.15, 0.2) is 0 Å². The van der Waals surface area contributed by atoms with Gasteiger partial charge in [0.25, 0.3) is 0 Å². The van der Waals surface area contributed by atoms with Crippen LogP contribution in [0.1, 0.15) is 46.5 Å². The Labute approximate surface area is 77.4 Å². The number of hydrogen-bond acceptors (Lipinski definition) is 0. The topological polar surface area (TPSA) is 0 Å². The molecule has 0 amide bonds. The maximum atomic E-state index is 2.39. The van der Waals surface area contributed by atoms with Crippen LogP contribution in [0.3, 0.4) is 0 Å². The van der Waals surface area contributed by atoms with Gasteiger partial charge in [-0.15, -0.1) is 0 Å². The van der Waals surface area contributed by atoms with Gasteiger partial charge in [0, 0.05) is 12.8 Å². The molecule has 12 heavy (non-hydrogen) atoms. The third-order valence-electron chi connectivity index (χ3n) is 3.51. The molecule has 0 aromatic carbocycles. The SMILES string of the molecule is CCCC[N+]1(C(C)C)CCCC1. The van der Waals surface area contributed by atoms with Crippen molar-refractivity contribution in [1.82, 2.24) is 0 Å². The lowest BCUT2D eigenvalue weighted by atomic mass is 10.2. The Hall–Kier alpha value is -0.0400. The van der Waals surface area contributed by atoms with E-state index >= 15 is 0 Å². The molecule has 0 radical (unpaired) electrons. The summed E-state index contributed by atoms with van der Waals surface area (Å²) in [5.41, 5.74) is 0. The predicted octanol–water partition coefficient (Wildman–Crippen LogP) is 2.81. The molecule has 1 fully saturated rings. The van der Waals surface area contributed by atoms with Crippen LogP contribution < -0.4 is 0 Å². The first-order chi connectivity index (χ1) is 5.71. The Balaban J connectivity index is 2.47. The van der Waals surface area contributed by atoms with Gasteiger partial charge in [-0.1, -0.05) is 13.3 Å². The van der Waals surface area contributed by atoms with Crippen molar-refractivity contribution in [2.45, 2.75) is 52.5 Å². The number of hydrogen-bond donors (Lipinski definition) is 0. The lowest BCUT2D eigenvalue weighted by molar-refractivity contribution is -0.936. The summed E-state index contributed by atoms with van der Waals surface area (Å²) in [5.74, 6) is 0. The molecule has 1 aliphatic heterocycles. The predicted molar refractivity (Wildman–Crippen MR) is 54.1 cm³/mol. The highest BCUT2D eigenvalue weighted by molar-refractivity contribution is 4.58. The summed E-state index contributed by atoms with van der Waals surface area (Å²) in [6, 6.07) is 0.846. The molecule has 1 heterocycles. The lowest BCUT2D eigenvalue weighted by Gasteiger charge is -2.38. The molecule has 0 spiro atoms. The molecule has 1 aliphatic rings. The molecule has 0 aromatic rings. The quantitative estimate of drug-likeness (QED) is 0.569. The highest BCUT2D eigenvalue weighted by Gasteiger charge is 2.33. The zero-order valence-electron chi connectivity index (χ0n) is 8.97. The summed E-state index contributed by atoms with van der Waals surface area (Å²) in [4.78, 5) is 0. The second-order valence-electron chi connectivity index (χ2n) is 4.54. The van der Waals surface area contributed by atoms with Gasteiger partial charge in [-0.3, -0.25) is 0 Å². The van der Waals surface area contributed by atoms with Crippen LogP contribution in [0.15, 0.2) is 0 Å². The standard InChI is InChI=1S/C11H24N/c1-4-5-8-12(11(2)3)9-6-7-10-12/h11H,4-10H2,1-3H3/q+1. The average molecular weight is 170 g/mol. The molecule has 0 unspecified atom stereocenters. The maximum absolute atomic E-state index is 2.39. The third kappa shape index (κ3) is 2.01. The van der Waals surface area contributed by atoms with Crippen LogP contribution in [0.2, 0.25) is 0 Å². The Morgan fingerprint density at radius 1 is 1.17 bits per heavy atom. The first kappa shape index (κ1) is 10.0. The Morgan fingerprint density at radius 2 is 1.75 bits per heavy atom. The van der Waals surface area contributed by atoms with Crippen LogP contribution in [-0.4, -0.2) is 30.2 Å². The van der Waals surface area contributed by atoms with E-state index in [1.807, 2.05) is 0 Å². The smallest absolute Gasteiger partial charge is 0.0833 e. The molecule has 0 N–H and O–H groups in total. The monoisotopic (exact) mass is 170 g/mol. The van der Waals surface area contributed by atoms with Gasteiger partial charge in [-0.25, -0.2) is 0 Å². The van der Waals surface area contributed by atoms with E-state index in [2.05, 4.69) is 20.8 Å². The van der Waals surface area contributed by atoms with E-state index in [1.54, 1.807) is 0 Å². The fourth-order valence-electron chi connectivity index (χ4n) is 2.44. The minimum absolute atomic E-state index is 0.846. The normalized spacial score (nSPS) is 22.0. The highest BCUT2D eigenvalue weighted by atomic mass is 15.4. The molecule has 0 saturated carbocycles. The lowest BCUT2D eigenvalue weighted by Crippen LogP contribution is -2.51. The highest BCUT2D eigenvalue weighted by Crippen LogP contribution is 2.24. The maximum Gasteiger partial charge on any atom is 0.0833 e. The minimum Gasteiger partial charge on any atom is -0.322 e. The molecule has 1 rings (SSSR count). The number of nitrogens with zero attached hydrogens (tertiary/aromatic N) is 1. The van der Waals surface area contributed by atoms with Crippen molar-refractivity contribution >= 4 is 0 Å². The molecule has 0 bridgehead atoms. The van der Waals surface area contributed by atoms with Crippen molar-refractivity contribution in [2.75, 3.05) is 19.6 Å². The van der Waals surface area contributed by atoms with Crippen molar-refractivity contribution in [1.29, 1.82) is 0 Å². The molecular weight excluding hydrogens is 146 g/mol. The first-order valence-corrected chi connectivity index (χ1v) is 5.57. The van der Waals surface area contributed by atoms with Crippen LogP contribution in [0, 0.1) is 0 Å². The van der Waals surface area contributed by atoms with Crippen molar-refractivity contribution in [3.63, 3.8) is 0 Å². The number of quaternary nitrogens is 1. The van der Waals surface area contributed by atoms with E-state index < -0.39 is 0 Å². The van der Waals surface area contributed by atoms with Crippen LogP contribution in [0.25, 0.3) is 0 Å². The van der Waals surface area contributed by atoms with E-state index in [1.165, 1.54) is 49.8 Å². The van der Waals surface area contributed by atoms with Gasteiger partial charge >= 0.3 is 0 Å². The molecule has 0 atom stereocenters. The van der Waals surface area contributed by atoms with E-state index in [-0.39, 0.29) is 0 Å². The number of likely N-dealkylation sites (tertiary alicyclic amines) is 1. The molecule has 0 aliphatic carbocycles. The van der Waals surface area contributed by atoms with Gasteiger partial charge in [0.05, 0.1) is 25.7 Å². The van der Waals surface area contributed by atoms with Crippen LogP contribution >= 0.6 is 0 Å². The summed E-state index contributed by atoms with van der Waals surface area (Å²) in [7, 11) is 0. The minimum atomic E-state index is 0.846. The Kier molecular flexibility index (Phi) is 3.57. The summed E-state index contributed by atoms with van der Waals surface area (Å²) >= 11 is 0. The van der Waals surface area contributed by atoms with Crippen molar-refractivity contribution < 1.29 is 4.48 Å². The molecule has 1 heteroatoms. The average Bonchev–Trinajstić information content (AvgIpc) is 2.50. The Morgan fingerprint density at radius 3 is 2.17 bits per heavy atom. The molecule has 72 valence electrons. The van der Waals surface area contributed by atoms with Crippen molar-refractivity contribution in [3.05, 3.63) is 0 Å². The zero-order valence-corrected chi connectivity index (χ0v) is 8.97. The van der Waals surface area contributed by atoms with Gasteiger partial charge in [-0.2, -0.15) is 0 Å². The number of unbranched alkanes of at least 4 members (excludes halogenated alkanes) is 1. The molecule has 0 aromatic heterocycles.